The van der Waals surface area contributed by atoms with Crippen molar-refractivity contribution in [1.29, 1.82) is 0 Å². The minimum absolute atomic E-state index is 0.0881. The Morgan fingerprint density at radius 2 is 2.00 bits per heavy atom. The first-order valence-corrected chi connectivity index (χ1v) is 7.28. The van der Waals surface area contributed by atoms with Crippen LogP contribution >= 0.6 is 0 Å². The van der Waals surface area contributed by atoms with Gasteiger partial charge in [0.2, 0.25) is 0 Å². The van der Waals surface area contributed by atoms with E-state index in [1.165, 1.54) is 12.1 Å². The summed E-state index contributed by atoms with van der Waals surface area (Å²) in [6.07, 6.45) is 0.863. The molecule has 0 radical (unpaired) electrons. The highest BCUT2D eigenvalue weighted by Crippen LogP contribution is 2.23. The third-order valence-electron chi connectivity index (χ3n) is 3.65. The van der Waals surface area contributed by atoms with Gasteiger partial charge in [0.15, 0.2) is 0 Å². The highest BCUT2D eigenvalue weighted by Gasteiger charge is 2.23. The number of hydrogen-bond donors (Lipinski definition) is 3. The molecule has 0 saturated carbocycles. The maximum Gasteiger partial charge on any atom is 0.314 e. The molecule has 0 aromatic heterocycles. The SMILES string of the molecule is O=C(O)CCNC(=O)NCC1CCN(c2ccc(F)cc2)C1. The number of carboxylic acids is 1. The second kappa shape index (κ2) is 7.63. The van der Waals surface area contributed by atoms with Crippen LogP contribution in [-0.2, 0) is 4.79 Å². The predicted molar refractivity (Wildman–Crippen MR) is 80.4 cm³/mol. The normalized spacial score (nSPS) is 17.3. The van der Waals surface area contributed by atoms with Crippen LogP contribution in [0.15, 0.2) is 24.3 Å². The fraction of sp³-hybridized carbons (Fsp3) is 0.467. The van der Waals surface area contributed by atoms with Gasteiger partial charge in [-0.1, -0.05) is 0 Å². The molecule has 0 aliphatic carbocycles. The van der Waals surface area contributed by atoms with Crippen molar-refractivity contribution in [2.75, 3.05) is 31.1 Å². The second-order valence-electron chi connectivity index (χ2n) is 5.36. The van der Waals surface area contributed by atoms with Gasteiger partial charge in [0.25, 0.3) is 0 Å². The standard InChI is InChI=1S/C15H20FN3O3/c16-12-1-3-13(4-2-12)19-8-6-11(10-19)9-18-15(22)17-7-5-14(20)21/h1-4,11H,5-10H2,(H,20,21)(H2,17,18,22). The summed E-state index contributed by atoms with van der Waals surface area (Å²) in [6.45, 7) is 2.34. The molecule has 1 aliphatic rings. The number of carbonyl (C=O) groups excluding carboxylic acids is 1. The largest absolute Gasteiger partial charge is 0.481 e. The minimum atomic E-state index is -0.939. The van der Waals surface area contributed by atoms with Crippen LogP contribution < -0.4 is 15.5 Å². The van der Waals surface area contributed by atoms with Crippen molar-refractivity contribution in [2.24, 2.45) is 5.92 Å². The monoisotopic (exact) mass is 309 g/mol. The molecule has 22 heavy (non-hydrogen) atoms. The Kier molecular flexibility index (Phi) is 5.57. The zero-order chi connectivity index (χ0) is 15.9. The van der Waals surface area contributed by atoms with Gasteiger partial charge in [0.1, 0.15) is 5.82 Å². The maximum absolute atomic E-state index is 12.9. The van der Waals surface area contributed by atoms with Crippen LogP contribution in [0.1, 0.15) is 12.8 Å². The first-order chi connectivity index (χ1) is 10.5. The van der Waals surface area contributed by atoms with Crippen molar-refractivity contribution in [3.05, 3.63) is 30.1 Å². The predicted octanol–water partition coefficient (Wildman–Crippen LogP) is 1.43. The fourth-order valence-corrected chi connectivity index (χ4v) is 2.47. The zero-order valence-electron chi connectivity index (χ0n) is 12.2. The Morgan fingerprint density at radius 3 is 2.68 bits per heavy atom. The van der Waals surface area contributed by atoms with Crippen LogP contribution in [0.25, 0.3) is 0 Å². The summed E-state index contributed by atoms with van der Waals surface area (Å²) >= 11 is 0. The van der Waals surface area contributed by atoms with Gasteiger partial charge in [0, 0.05) is 31.9 Å². The Hall–Kier alpha value is -2.31. The molecule has 1 unspecified atom stereocenters. The van der Waals surface area contributed by atoms with Gasteiger partial charge in [-0.2, -0.15) is 0 Å². The van der Waals surface area contributed by atoms with Crippen LogP contribution in [0, 0.1) is 11.7 Å². The molecule has 1 heterocycles. The summed E-state index contributed by atoms with van der Waals surface area (Å²) < 4.78 is 12.9. The van der Waals surface area contributed by atoms with Crippen molar-refractivity contribution in [3.63, 3.8) is 0 Å². The van der Waals surface area contributed by atoms with E-state index in [1.807, 2.05) is 0 Å². The third kappa shape index (κ3) is 4.91. The second-order valence-corrected chi connectivity index (χ2v) is 5.36. The molecule has 1 fully saturated rings. The lowest BCUT2D eigenvalue weighted by Crippen LogP contribution is -2.39. The van der Waals surface area contributed by atoms with Gasteiger partial charge < -0.3 is 20.6 Å². The summed E-state index contributed by atoms with van der Waals surface area (Å²) in [4.78, 5) is 24.0. The van der Waals surface area contributed by atoms with Crippen molar-refractivity contribution in [1.82, 2.24) is 10.6 Å². The van der Waals surface area contributed by atoms with Crippen molar-refractivity contribution in [3.8, 4) is 0 Å². The number of hydrogen-bond acceptors (Lipinski definition) is 3. The van der Waals surface area contributed by atoms with E-state index in [4.69, 9.17) is 5.11 Å². The summed E-state index contributed by atoms with van der Waals surface area (Å²) in [5.74, 6) is -0.861. The van der Waals surface area contributed by atoms with Crippen molar-refractivity contribution < 1.29 is 19.1 Å². The van der Waals surface area contributed by atoms with E-state index in [-0.39, 0.29) is 24.8 Å². The molecule has 2 rings (SSSR count). The summed E-state index contributed by atoms with van der Waals surface area (Å²) in [7, 11) is 0. The average Bonchev–Trinajstić information content (AvgIpc) is 2.94. The highest BCUT2D eigenvalue weighted by atomic mass is 19.1. The number of urea groups is 1. The number of nitrogens with one attached hydrogen (secondary N) is 2. The van der Waals surface area contributed by atoms with Crippen molar-refractivity contribution >= 4 is 17.7 Å². The Labute approximate surface area is 128 Å². The molecule has 0 bridgehead atoms. The quantitative estimate of drug-likeness (QED) is 0.742. The van der Waals surface area contributed by atoms with Gasteiger partial charge in [0.05, 0.1) is 6.42 Å². The van der Waals surface area contributed by atoms with E-state index in [9.17, 15) is 14.0 Å². The number of anilines is 1. The molecule has 1 aromatic rings. The molecule has 3 N–H and O–H groups in total. The van der Waals surface area contributed by atoms with Gasteiger partial charge in [-0.3, -0.25) is 4.79 Å². The van der Waals surface area contributed by atoms with Gasteiger partial charge in [-0.05, 0) is 36.6 Å². The Balaban J connectivity index is 1.69. The molecule has 2 amide bonds. The number of carboxylic acid groups (broad SMARTS) is 1. The minimum Gasteiger partial charge on any atom is -0.481 e. The number of nitrogens with zero attached hydrogens (tertiary/aromatic N) is 1. The first kappa shape index (κ1) is 16.1. The Bertz CT molecular complexity index is 521. The third-order valence-corrected chi connectivity index (χ3v) is 3.65. The molecule has 1 atom stereocenters. The summed E-state index contributed by atoms with van der Waals surface area (Å²) in [5, 5.41) is 13.7. The lowest BCUT2D eigenvalue weighted by molar-refractivity contribution is -0.136. The molecular formula is C15H20FN3O3. The van der Waals surface area contributed by atoms with Crippen LogP contribution in [0.5, 0.6) is 0 Å². The lowest BCUT2D eigenvalue weighted by atomic mass is 10.1. The van der Waals surface area contributed by atoms with Gasteiger partial charge >= 0.3 is 12.0 Å². The molecule has 0 spiro atoms. The van der Waals surface area contributed by atoms with E-state index >= 15 is 0 Å². The number of halogens is 1. The van der Waals surface area contributed by atoms with E-state index < -0.39 is 5.97 Å². The number of aliphatic carboxylic acids is 1. The van der Waals surface area contributed by atoms with Crippen LogP contribution in [0.4, 0.5) is 14.9 Å². The van der Waals surface area contributed by atoms with E-state index in [2.05, 4.69) is 15.5 Å². The molecule has 1 aliphatic heterocycles. The van der Waals surface area contributed by atoms with Crippen LogP contribution in [0.3, 0.4) is 0 Å². The van der Waals surface area contributed by atoms with Crippen LogP contribution in [0.2, 0.25) is 0 Å². The summed E-state index contributed by atoms with van der Waals surface area (Å²) in [6, 6.07) is 6.04. The maximum atomic E-state index is 12.9. The lowest BCUT2D eigenvalue weighted by Gasteiger charge is -2.18. The van der Waals surface area contributed by atoms with Gasteiger partial charge in [-0.25, -0.2) is 9.18 Å². The van der Waals surface area contributed by atoms with Gasteiger partial charge in [-0.15, -0.1) is 0 Å². The topological polar surface area (TPSA) is 81.7 Å². The van der Waals surface area contributed by atoms with Crippen LogP contribution in [-0.4, -0.2) is 43.3 Å². The highest BCUT2D eigenvalue weighted by molar-refractivity contribution is 5.74. The van der Waals surface area contributed by atoms with E-state index in [0.29, 0.717) is 12.5 Å². The molecule has 1 aromatic carbocycles. The number of rotatable bonds is 6. The molecule has 120 valence electrons. The first-order valence-electron chi connectivity index (χ1n) is 7.28. The summed E-state index contributed by atoms with van der Waals surface area (Å²) in [5.41, 5.74) is 0.981. The van der Waals surface area contributed by atoms with Crippen molar-refractivity contribution in [2.45, 2.75) is 12.8 Å². The number of carbonyl (C=O) groups is 2. The molecule has 6 nitrogen and oxygen atoms in total. The molecular weight excluding hydrogens is 289 g/mol. The molecule has 1 saturated heterocycles. The van der Waals surface area contributed by atoms with E-state index in [0.717, 1.165) is 25.2 Å². The zero-order valence-corrected chi connectivity index (χ0v) is 12.2. The fourth-order valence-electron chi connectivity index (χ4n) is 2.47. The number of amides is 2. The average molecular weight is 309 g/mol. The molecule has 7 heteroatoms. The Morgan fingerprint density at radius 1 is 1.27 bits per heavy atom. The number of benzene rings is 1. The smallest absolute Gasteiger partial charge is 0.314 e. The van der Waals surface area contributed by atoms with E-state index in [1.54, 1.807) is 12.1 Å².